The molecule has 1 aromatic rings. The minimum absolute atomic E-state index is 0.193. The molecular formula is C20H33N5O2. The second-order valence-corrected chi connectivity index (χ2v) is 7.12. The Morgan fingerprint density at radius 3 is 2.56 bits per heavy atom. The van der Waals surface area contributed by atoms with Crippen LogP contribution in [0, 0.1) is 0 Å². The summed E-state index contributed by atoms with van der Waals surface area (Å²) in [7, 11) is 3.84. The molecule has 0 bridgehead atoms. The van der Waals surface area contributed by atoms with Gasteiger partial charge in [-0.2, -0.15) is 0 Å². The maximum atomic E-state index is 5.84. The number of likely N-dealkylation sites (N-methyl/N-ethyl adjacent to an activating group) is 1. The summed E-state index contributed by atoms with van der Waals surface area (Å²) in [6.07, 6.45) is 0.193. The summed E-state index contributed by atoms with van der Waals surface area (Å²) in [5, 5.41) is 3.44. The number of piperazine rings is 1. The molecule has 1 N–H and O–H groups in total. The van der Waals surface area contributed by atoms with Gasteiger partial charge in [0.1, 0.15) is 5.75 Å². The lowest BCUT2D eigenvalue weighted by molar-refractivity contribution is -0.0137. The quantitative estimate of drug-likeness (QED) is 0.615. The molecule has 2 heterocycles. The molecule has 7 heteroatoms. The maximum absolute atomic E-state index is 5.84. The van der Waals surface area contributed by atoms with Crippen LogP contribution in [0.4, 0.5) is 5.69 Å². The summed E-state index contributed by atoms with van der Waals surface area (Å²) >= 11 is 0. The van der Waals surface area contributed by atoms with Gasteiger partial charge in [0.25, 0.3) is 0 Å². The number of methoxy groups -OCH3 is 1. The van der Waals surface area contributed by atoms with E-state index in [1.54, 1.807) is 7.11 Å². The van der Waals surface area contributed by atoms with Gasteiger partial charge >= 0.3 is 0 Å². The monoisotopic (exact) mass is 375 g/mol. The van der Waals surface area contributed by atoms with Crippen LogP contribution in [0.25, 0.3) is 0 Å². The largest absolute Gasteiger partial charge is 0.497 e. The lowest BCUT2D eigenvalue weighted by Crippen LogP contribution is -2.53. The fourth-order valence-electron chi connectivity index (χ4n) is 3.56. The smallest absolute Gasteiger partial charge is 0.194 e. The third-order valence-corrected chi connectivity index (χ3v) is 5.14. The standard InChI is InChI=1S/C20H33N5O2/c1-4-21-20(22-15-19-16-23(2)13-14-27-19)25-11-9-24(10-12-25)17-5-7-18(26-3)8-6-17/h5-8,19H,4,9-16H2,1-3H3,(H,21,22). The van der Waals surface area contributed by atoms with Crippen molar-refractivity contribution >= 4 is 11.6 Å². The molecule has 0 amide bonds. The predicted octanol–water partition coefficient (Wildman–Crippen LogP) is 1.11. The Kier molecular flexibility index (Phi) is 7.18. The van der Waals surface area contributed by atoms with Gasteiger partial charge in [-0.15, -0.1) is 0 Å². The first-order valence-corrected chi connectivity index (χ1v) is 9.92. The highest BCUT2D eigenvalue weighted by molar-refractivity contribution is 5.80. The van der Waals surface area contributed by atoms with Crippen molar-refractivity contribution in [3.8, 4) is 5.75 Å². The van der Waals surface area contributed by atoms with Crippen molar-refractivity contribution in [3.63, 3.8) is 0 Å². The molecule has 2 fully saturated rings. The molecule has 0 aliphatic carbocycles. The second kappa shape index (κ2) is 9.80. The minimum atomic E-state index is 0.193. The number of nitrogens with one attached hydrogen (secondary N) is 1. The number of ether oxygens (including phenoxy) is 2. The summed E-state index contributed by atoms with van der Waals surface area (Å²) in [6, 6.07) is 8.30. The molecular weight excluding hydrogens is 342 g/mol. The fourth-order valence-corrected chi connectivity index (χ4v) is 3.56. The van der Waals surface area contributed by atoms with Gasteiger partial charge in [-0.25, -0.2) is 0 Å². The number of aliphatic imine (C=N–C) groups is 1. The zero-order valence-electron chi connectivity index (χ0n) is 16.9. The Hall–Kier alpha value is -1.99. The highest BCUT2D eigenvalue weighted by Crippen LogP contribution is 2.20. The molecule has 27 heavy (non-hydrogen) atoms. The number of guanidine groups is 1. The van der Waals surface area contributed by atoms with Gasteiger partial charge in [0.15, 0.2) is 5.96 Å². The first-order chi connectivity index (χ1) is 13.2. The minimum Gasteiger partial charge on any atom is -0.497 e. The summed E-state index contributed by atoms with van der Waals surface area (Å²) in [5.74, 6) is 1.90. The van der Waals surface area contributed by atoms with E-state index in [2.05, 4.69) is 46.1 Å². The van der Waals surface area contributed by atoms with E-state index in [-0.39, 0.29) is 6.10 Å². The van der Waals surface area contributed by atoms with E-state index in [0.717, 1.165) is 64.1 Å². The van der Waals surface area contributed by atoms with Crippen LogP contribution in [-0.4, -0.2) is 95.0 Å². The predicted molar refractivity (Wildman–Crippen MR) is 110 cm³/mol. The molecule has 1 aromatic carbocycles. The summed E-state index contributed by atoms with van der Waals surface area (Å²) in [5.41, 5.74) is 1.25. The summed E-state index contributed by atoms with van der Waals surface area (Å²) in [4.78, 5) is 11.9. The van der Waals surface area contributed by atoms with Gasteiger partial charge in [-0.3, -0.25) is 4.99 Å². The highest BCUT2D eigenvalue weighted by atomic mass is 16.5. The van der Waals surface area contributed by atoms with Crippen LogP contribution in [0.3, 0.4) is 0 Å². The Morgan fingerprint density at radius 2 is 1.93 bits per heavy atom. The normalized spacial score (nSPS) is 22.0. The first kappa shape index (κ1) is 19.8. The Morgan fingerprint density at radius 1 is 1.19 bits per heavy atom. The fraction of sp³-hybridized carbons (Fsp3) is 0.650. The van der Waals surface area contributed by atoms with E-state index in [1.807, 2.05) is 12.1 Å². The molecule has 0 saturated carbocycles. The van der Waals surface area contributed by atoms with Crippen molar-refractivity contribution in [1.29, 1.82) is 0 Å². The molecule has 1 atom stereocenters. The molecule has 0 spiro atoms. The molecule has 7 nitrogen and oxygen atoms in total. The topological polar surface area (TPSA) is 52.6 Å². The van der Waals surface area contributed by atoms with E-state index >= 15 is 0 Å². The zero-order valence-corrected chi connectivity index (χ0v) is 16.9. The lowest BCUT2D eigenvalue weighted by Gasteiger charge is -2.38. The van der Waals surface area contributed by atoms with Crippen LogP contribution in [0.5, 0.6) is 5.75 Å². The number of rotatable bonds is 5. The third kappa shape index (κ3) is 5.49. The number of anilines is 1. The molecule has 150 valence electrons. The molecule has 0 aromatic heterocycles. The zero-order chi connectivity index (χ0) is 19.1. The molecule has 2 aliphatic heterocycles. The maximum Gasteiger partial charge on any atom is 0.194 e. The van der Waals surface area contributed by atoms with E-state index in [1.165, 1.54) is 5.69 Å². The van der Waals surface area contributed by atoms with E-state index in [4.69, 9.17) is 14.5 Å². The van der Waals surface area contributed by atoms with Gasteiger partial charge < -0.3 is 29.5 Å². The van der Waals surface area contributed by atoms with Crippen molar-refractivity contribution in [2.45, 2.75) is 13.0 Å². The number of benzene rings is 1. The van der Waals surface area contributed by atoms with Gasteiger partial charge in [0.2, 0.25) is 0 Å². The van der Waals surface area contributed by atoms with Crippen molar-refractivity contribution in [2.75, 3.05) is 78.0 Å². The van der Waals surface area contributed by atoms with E-state index < -0.39 is 0 Å². The van der Waals surface area contributed by atoms with Crippen molar-refractivity contribution in [1.82, 2.24) is 15.1 Å². The van der Waals surface area contributed by atoms with Crippen LogP contribution in [0.15, 0.2) is 29.3 Å². The van der Waals surface area contributed by atoms with Crippen LogP contribution in [-0.2, 0) is 4.74 Å². The van der Waals surface area contributed by atoms with Crippen molar-refractivity contribution in [3.05, 3.63) is 24.3 Å². The van der Waals surface area contributed by atoms with Crippen LogP contribution in [0.1, 0.15) is 6.92 Å². The average molecular weight is 376 g/mol. The molecule has 0 radical (unpaired) electrons. The third-order valence-electron chi connectivity index (χ3n) is 5.14. The molecule has 1 unspecified atom stereocenters. The van der Waals surface area contributed by atoms with E-state index in [9.17, 15) is 0 Å². The van der Waals surface area contributed by atoms with E-state index in [0.29, 0.717) is 6.54 Å². The highest BCUT2D eigenvalue weighted by Gasteiger charge is 2.21. The van der Waals surface area contributed by atoms with Crippen LogP contribution >= 0.6 is 0 Å². The number of hydrogen-bond acceptors (Lipinski definition) is 5. The van der Waals surface area contributed by atoms with Gasteiger partial charge in [0.05, 0.1) is 26.4 Å². The molecule has 2 aliphatic rings. The summed E-state index contributed by atoms with van der Waals surface area (Å²) in [6.45, 7) is 10.4. The number of hydrogen-bond donors (Lipinski definition) is 1. The van der Waals surface area contributed by atoms with Gasteiger partial charge in [0, 0.05) is 51.5 Å². The Labute approximate surface area is 162 Å². The SMILES string of the molecule is CCNC(=NCC1CN(C)CCO1)N1CCN(c2ccc(OC)cc2)CC1. The molecule has 3 rings (SSSR count). The Bertz CT molecular complexity index is 599. The summed E-state index contributed by atoms with van der Waals surface area (Å²) < 4.78 is 11.1. The van der Waals surface area contributed by atoms with Crippen molar-refractivity contribution in [2.24, 2.45) is 4.99 Å². The van der Waals surface area contributed by atoms with Gasteiger partial charge in [-0.05, 0) is 38.2 Å². The van der Waals surface area contributed by atoms with Crippen LogP contribution < -0.4 is 15.0 Å². The van der Waals surface area contributed by atoms with Gasteiger partial charge in [-0.1, -0.05) is 0 Å². The first-order valence-electron chi connectivity index (χ1n) is 9.92. The molecule has 2 saturated heterocycles. The lowest BCUT2D eigenvalue weighted by atomic mass is 10.2. The number of nitrogens with zero attached hydrogens (tertiary/aromatic N) is 4. The second-order valence-electron chi connectivity index (χ2n) is 7.12. The number of morpholine rings is 1. The Balaban J connectivity index is 1.55. The van der Waals surface area contributed by atoms with Crippen LogP contribution in [0.2, 0.25) is 0 Å². The van der Waals surface area contributed by atoms with Crippen molar-refractivity contribution < 1.29 is 9.47 Å². The average Bonchev–Trinajstić information content (AvgIpc) is 2.71.